The van der Waals surface area contributed by atoms with Crippen LogP contribution < -0.4 is 5.32 Å². The Labute approximate surface area is 167 Å². The van der Waals surface area contributed by atoms with Crippen molar-refractivity contribution in [2.24, 2.45) is 12.0 Å². The molecule has 0 amide bonds. The molecule has 2 rings (SSSR count). The second kappa shape index (κ2) is 10.3. The standard InChI is InChI=1S/C20H30ClN5O/c1-15(2)19-17(13-26(5)24-19)12-25(4)20(22-3)23-10-11-27-14-16-6-8-18(21)9-7-16/h6-9,13,15H,10-12,14H2,1-5H3,(H,22,23). The van der Waals surface area contributed by atoms with Gasteiger partial charge in [0.05, 0.1) is 18.9 Å². The number of aryl methyl sites for hydroxylation is 1. The van der Waals surface area contributed by atoms with Gasteiger partial charge in [-0.2, -0.15) is 5.10 Å². The van der Waals surface area contributed by atoms with Crippen LogP contribution in [0.3, 0.4) is 0 Å². The van der Waals surface area contributed by atoms with Crippen molar-refractivity contribution in [3.05, 3.63) is 52.3 Å². The zero-order valence-corrected chi connectivity index (χ0v) is 17.6. The van der Waals surface area contributed by atoms with Crippen molar-refractivity contribution in [3.63, 3.8) is 0 Å². The molecule has 2 aromatic rings. The number of ether oxygens (including phenoxy) is 1. The van der Waals surface area contributed by atoms with Crippen LogP contribution >= 0.6 is 11.6 Å². The Morgan fingerprint density at radius 1 is 1.33 bits per heavy atom. The number of halogens is 1. The normalized spacial score (nSPS) is 11.9. The second-order valence-corrected chi connectivity index (χ2v) is 7.31. The summed E-state index contributed by atoms with van der Waals surface area (Å²) in [6.07, 6.45) is 2.08. The first-order valence-electron chi connectivity index (χ1n) is 9.17. The molecule has 0 aliphatic carbocycles. The number of aromatic nitrogens is 2. The summed E-state index contributed by atoms with van der Waals surface area (Å²) in [5.41, 5.74) is 3.46. The highest BCUT2D eigenvalue weighted by molar-refractivity contribution is 6.30. The third-order valence-corrected chi connectivity index (χ3v) is 4.43. The third-order valence-electron chi connectivity index (χ3n) is 4.18. The summed E-state index contributed by atoms with van der Waals surface area (Å²) in [4.78, 5) is 6.46. The summed E-state index contributed by atoms with van der Waals surface area (Å²) < 4.78 is 7.59. The van der Waals surface area contributed by atoms with E-state index in [2.05, 4.69) is 40.4 Å². The molecule has 1 aromatic carbocycles. The van der Waals surface area contributed by atoms with E-state index < -0.39 is 0 Å². The molecule has 0 saturated carbocycles. The monoisotopic (exact) mass is 391 g/mol. The van der Waals surface area contributed by atoms with Gasteiger partial charge in [-0.1, -0.05) is 37.6 Å². The fourth-order valence-electron chi connectivity index (χ4n) is 2.88. The lowest BCUT2D eigenvalue weighted by molar-refractivity contribution is 0.125. The van der Waals surface area contributed by atoms with E-state index in [-0.39, 0.29) is 0 Å². The minimum atomic E-state index is 0.394. The number of hydrogen-bond acceptors (Lipinski definition) is 3. The average Bonchev–Trinajstić information content (AvgIpc) is 3.00. The van der Waals surface area contributed by atoms with E-state index in [9.17, 15) is 0 Å². The Bertz CT molecular complexity index is 739. The Balaban J connectivity index is 1.78. The van der Waals surface area contributed by atoms with Crippen molar-refractivity contribution in [2.75, 3.05) is 27.2 Å². The van der Waals surface area contributed by atoms with Crippen molar-refractivity contribution in [2.45, 2.75) is 32.9 Å². The Hall–Kier alpha value is -2.05. The highest BCUT2D eigenvalue weighted by Gasteiger charge is 2.14. The van der Waals surface area contributed by atoms with Gasteiger partial charge in [0.2, 0.25) is 0 Å². The largest absolute Gasteiger partial charge is 0.375 e. The van der Waals surface area contributed by atoms with Crippen LogP contribution in [-0.4, -0.2) is 47.9 Å². The molecule has 0 radical (unpaired) electrons. The van der Waals surface area contributed by atoms with E-state index in [1.165, 1.54) is 5.56 Å². The molecule has 6 nitrogen and oxygen atoms in total. The fraction of sp³-hybridized carbons (Fsp3) is 0.500. The summed E-state index contributed by atoms with van der Waals surface area (Å²) in [6.45, 7) is 6.94. The van der Waals surface area contributed by atoms with Crippen LogP contribution in [0.4, 0.5) is 0 Å². The van der Waals surface area contributed by atoms with Crippen LogP contribution in [0.5, 0.6) is 0 Å². The van der Waals surface area contributed by atoms with Gasteiger partial charge in [0.1, 0.15) is 0 Å². The van der Waals surface area contributed by atoms with Gasteiger partial charge in [-0.05, 0) is 23.6 Å². The maximum atomic E-state index is 5.89. The summed E-state index contributed by atoms with van der Waals surface area (Å²) in [5, 5.41) is 8.65. The average molecular weight is 392 g/mol. The zero-order chi connectivity index (χ0) is 19.8. The number of aliphatic imine (C=N–C) groups is 1. The third kappa shape index (κ3) is 6.56. The lowest BCUT2D eigenvalue weighted by atomic mass is 10.1. The van der Waals surface area contributed by atoms with Gasteiger partial charge in [0.25, 0.3) is 0 Å². The fourth-order valence-corrected chi connectivity index (χ4v) is 3.01. The van der Waals surface area contributed by atoms with Crippen LogP contribution in [-0.2, 0) is 24.9 Å². The predicted molar refractivity (Wildman–Crippen MR) is 111 cm³/mol. The molecule has 0 fully saturated rings. The first kappa shape index (κ1) is 21.3. The Morgan fingerprint density at radius 3 is 2.67 bits per heavy atom. The maximum absolute atomic E-state index is 5.89. The summed E-state index contributed by atoms with van der Waals surface area (Å²) in [5.74, 6) is 1.23. The van der Waals surface area contributed by atoms with Crippen molar-refractivity contribution >= 4 is 17.6 Å². The van der Waals surface area contributed by atoms with Crippen LogP contribution in [0.25, 0.3) is 0 Å². The van der Waals surface area contributed by atoms with Crippen LogP contribution in [0, 0.1) is 0 Å². The molecule has 0 saturated heterocycles. The number of hydrogen-bond donors (Lipinski definition) is 1. The van der Waals surface area contributed by atoms with Crippen molar-refractivity contribution in [1.29, 1.82) is 0 Å². The molecular weight excluding hydrogens is 362 g/mol. The highest BCUT2D eigenvalue weighted by Crippen LogP contribution is 2.18. The van der Waals surface area contributed by atoms with Crippen LogP contribution in [0.2, 0.25) is 5.02 Å². The molecule has 0 unspecified atom stereocenters. The van der Waals surface area contributed by atoms with Crippen molar-refractivity contribution in [3.8, 4) is 0 Å². The number of benzene rings is 1. The number of rotatable bonds is 8. The molecule has 148 valence electrons. The first-order valence-corrected chi connectivity index (χ1v) is 9.55. The van der Waals surface area contributed by atoms with E-state index in [4.69, 9.17) is 16.3 Å². The van der Waals surface area contributed by atoms with E-state index in [1.807, 2.05) is 43.0 Å². The molecule has 1 heterocycles. The molecule has 27 heavy (non-hydrogen) atoms. The quantitative estimate of drug-likeness (QED) is 0.425. The molecular formula is C20H30ClN5O. The molecule has 7 heteroatoms. The number of nitrogens with one attached hydrogen (secondary N) is 1. The minimum absolute atomic E-state index is 0.394. The molecule has 0 atom stereocenters. The minimum Gasteiger partial charge on any atom is -0.375 e. The van der Waals surface area contributed by atoms with Gasteiger partial charge in [-0.25, -0.2) is 0 Å². The predicted octanol–water partition coefficient (Wildman–Crippen LogP) is 3.42. The first-order chi connectivity index (χ1) is 12.9. The topological polar surface area (TPSA) is 54.7 Å². The second-order valence-electron chi connectivity index (χ2n) is 6.88. The lowest BCUT2D eigenvalue weighted by Crippen LogP contribution is -2.40. The number of guanidine groups is 1. The van der Waals surface area contributed by atoms with E-state index in [0.717, 1.165) is 28.8 Å². The molecule has 0 aliphatic heterocycles. The maximum Gasteiger partial charge on any atom is 0.193 e. The van der Waals surface area contributed by atoms with E-state index >= 15 is 0 Å². The van der Waals surface area contributed by atoms with Crippen molar-refractivity contribution < 1.29 is 4.74 Å². The molecule has 1 N–H and O–H groups in total. The molecule has 0 aliphatic rings. The van der Waals surface area contributed by atoms with Gasteiger partial charge in [-0.3, -0.25) is 9.67 Å². The zero-order valence-electron chi connectivity index (χ0n) is 16.9. The van der Waals surface area contributed by atoms with Crippen LogP contribution in [0.15, 0.2) is 35.5 Å². The van der Waals surface area contributed by atoms with Gasteiger partial charge in [-0.15, -0.1) is 0 Å². The molecule has 0 bridgehead atoms. The molecule has 1 aromatic heterocycles. The van der Waals surface area contributed by atoms with Crippen LogP contribution in [0.1, 0.15) is 36.6 Å². The van der Waals surface area contributed by atoms with E-state index in [0.29, 0.717) is 25.7 Å². The Morgan fingerprint density at radius 2 is 2.04 bits per heavy atom. The summed E-state index contributed by atoms with van der Waals surface area (Å²) in [6, 6.07) is 7.70. The van der Waals surface area contributed by atoms with Gasteiger partial charge in [0, 0.05) is 51.0 Å². The van der Waals surface area contributed by atoms with E-state index in [1.54, 1.807) is 7.05 Å². The smallest absolute Gasteiger partial charge is 0.193 e. The summed E-state index contributed by atoms with van der Waals surface area (Å²) >= 11 is 5.89. The highest BCUT2D eigenvalue weighted by atomic mass is 35.5. The lowest BCUT2D eigenvalue weighted by Gasteiger charge is -2.22. The SMILES string of the molecule is CN=C(NCCOCc1ccc(Cl)cc1)N(C)Cc1cn(C)nc1C(C)C. The number of nitrogens with zero attached hydrogens (tertiary/aromatic N) is 4. The Kier molecular flexibility index (Phi) is 8.13. The van der Waals surface area contributed by atoms with Crippen molar-refractivity contribution in [1.82, 2.24) is 20.0 Å². The summed E-state index contributed by atoms with van der Waals surface area (Å²) in [7, 11) is 5.78. The van der Waals surface area contributed by atoms with Gasteiger partial charge in [0.15, 0.2) is 5.96 Å². The van der Waals surface area contributed by atoms with Gasteiger partial charge < -0.3 is 15.0 Å². The molecule has 0 spiro atoms. The van der Waals surface area contributed by atoms with Gasteiger partial charge >= 0.3 is 0 Å².